The summed E-state index contributed by atoms with van der Waals surface area (Å²) in [5.41, 5.74) is 4.12. The smallest absolute Gasteiger partial charge is 0.407 e. The highest BCUT2D eigenvalue weighted by molar-refractivity contribution is 5.80. The second-order valence-electron chi connectivity index (χ2n) is 9.44. The molecule has 1 heterocycles. The number of alkyl carbamates (subject to hydrolysis) is 1. The summed E-state index contributed by atoms with van der Waals surface area (Å²) in [5, 5.41) is 11.4. The van der Waals surface area contributed by atoms with Crippen molar-refractivity contribution in [2.75, 3.05) is 19.7 Å². The number of ether oxygens (including phenoxy) is 1. The summed E-state index contributed by atoms with van der Waals surface area (Å²) >= 11 is 0. The van der Waals surface area contributed by atoms with Crippen LogP contribution in [0.25, 0.3) is 11.1 Å². The van der Waals surface area contributed by atoms with Crippen molar-refractivity contribution in [1.29, 1.82) is 0 Å². The minimum absolute atomic E-state index is 0.0183. The van der Waals surface area contributed by atoms with Gasteiger partial charge in [-0.1, -0.05) is 48.5 Å². The number of likely N-dealkylation sites (tertiary alicyclic amines) is 1. The molecule has 35 heavy (non-hydrogen) atoms. The van der Waals surface area contributed by atoms with Crippen LogP contribution in [0, 0.1) is 17.8 Å². The van der Waals surface area contributed by atoms with E-state index < -0.39 is 42.8 Å². The minimum Gasteiger partial charge on any atom is -0.481 e. The predicted molar refractivity (Wildman–Crippen MR) is 122 cm³/mol. The Bertz CT molecular complexity index is 1110. The van der Waals surface area contributed by atoms with Gasteiger partial charge in [0.05, 0.1) is 12.3 Å². The molecule has 2 aromatic carbocycles. The van der Waals surface area contributed by atoms with Crippen LogP contribution in [0.1, 0.15) is 29.9 Å². The third-order valence-electron chi connectivity index (χ3n) is 7.48. The molecule has 3 aliphatic rings. The number of carboxylic acids is 1. The van der Waals surface area contributed by atoms with E-state index in [4.69, 9.17) is 4.74 Å². The quantitative estimate of drug-likeness (QED) is 0.625. The first-order chi connectivity index (χ1) is 16.8. The van der Waals surface area contributed by atoms with Crippen LogP contribution in [0.4, 0.5) is 13.6 Å². The van der Waals surface area contributed by atoms with Crippen molar-refractivity contribution in [3.63, 3.8) is 0 Å². The maximum Gasteiger partial charge on any atom is 0.407 e. The summed E-state index contributed by atoms with van der Waals surface area (Å²) in [6.07, 6.45) is -3.98. The fraction of sp³-hybridized carbons (Fsp3) is 0.423. The van der Waals surface area contributed by atoms with E-state index in [-0.39, 0.29) is 30.9 Å². The number of nitrogens with zero attached hydrogens (tertiary/aromatic N) is 1. The lowest BCUT2D eigenvalue weighted by atomic mass is 9.98. The number of carbonyl (C=O) groups excluding carboxylic acids is 2. The standard InChI is InChI=1S/C26H26F2N2O5/c27-24(28)21(11-22(31)30-10-9-18-19(12-30)23(18)25(32)33)29-26(34)35-13-20-16-7-3-1-5-14(16)15-6-2-4-8-17(15)20/h1-8,18-21,23-24H,9-13H2,(H,29,34)(H,32,33)/t18-,19+,21?,23?/m1/s1. The zero-order valence-corrected chi connectivity index (χ0v) is 18.9. The molecule has 5 rings (SSSR count). The molecule has 1 aliphatic heterocycles. The summed E-state index contributed by atoms with van der Waals surface area (Å²) in [4.78, 5) is 37.7. The van der Waals surface area contributed by atoms with Crippen molar-refractivity contribution in [3.8, 4) is 11.1 Å². The molecule has 0 radical (unpaired) electrons. The van der Waals surface area contributed by atoms with Gasteiger partial charge in [-0.15, -0.1) is 0 Å². The van der Waals surface area contributed by atoms with Crippen LogP contribution in [0.15, 0.2) is 48.5 Å². The molecule has 0 spiro atoms. The summed E-state index contributed by atoms with van der Waals surface area (Å²) < 4.78 is 32.7. The van der Waals surface area contributed by atoms with Gasteiger partial charge in [-0.05, 0) is 40.5 Å². The third-order valence-corrected chi connectivity index (χ3v) is 7.48. The predicted octanol–water partition coefficient (Wildman–Crippen LogP) is 3.73. The molecule has 1 saturated heterocycles. The summed E-state index contributed by atoms with van der Waals surface area (Å²) in [7, 11) is 0. The number of carboxylic acid groups (broad SMARTS) is 1. The molecule has 0 aromatic heterocycles. The largest absolute Gasteiger partial charge is 0.481 e. The van der Waals surface area contributed by atoms with E-state index >= 15 is 0 Å². The van der Waals surface area contributed by atoms with Crippen molar-refractivity contribution in [2.24, 2.45) is 17.8 Å². The number of halogens is 2. The SMILES string of the molecule is O=C(NC(CC(=O)N1CC[C@H]2C(C(=O)O)[C@H]2C1)C(F)F)OCC1c2ccccc2-c2ccccc21. The highest BCUT2D eigenvalue weighted by Gasteiger charge is 2.57. The van der Waals surface area contributed by atoms with Crippen molar-refractivity contribution < 1.29 is 33.0 Å². The van der Waals surface area contributed by atoms with E-state index in [1.165, 1.54) is 4.90 Å². The van der Waals surface area contributed by atoms with E-state index in [9.17, 15) is 28.3 Å². The number of piperidine rings is 1. The number of amides is 2. The molecule has 2 amide bonds. The Morgan fingerprint density at radius 1 is 1.03 bits per heavy atom. The van der Waals surface area contributed by atoms with Crippen LogP contribution in [0.2, 0.25) is 0 Å². The number of hydrogen-bond donors (Lipinski definition) is 2. The topological polar surface area (TPSA) is 95.9 Å². The van der Waals surface area contributed by atoms with Gasteiger partial charge in [0.25, 0.3) is 6.43 Å². The fourth-order valence-electron chi connectivity index (χ4n) is 5.64. The number of fused-ring (bicyclic) bond motifs is 4. The molecule has 1 saturated carbocycles. The molecule has 184 valence electrons. The first-order valence-corrected chi connectivity index (χ1v) is 11.8. The number of carbonyl (C=O) groups is 3. The number of alkyl halides is 2. The van der Waals surface area contributed by atoms with Crippen molar-refractivity contribution in [3.05, 3.63) is 59.7 Å². The Kier molecular flexibility index (Phi) is 6.17. The lowest BCUT2D eigenvalue weighted by Gasteiger charge is -2.28. The van der Waals surface area contributed by atoms with E-state index in [1.807, 2.05) is 48.5 Å². The number of benzene rings is 2. The summed E-state index contributed by atoms with van der Waals surface area (Å²) in [5.74, 6) is -2.13. The van der Waals surface area contributed by atoms with Crippen LogP contribution >= 0.6 is 0 Å². The number of rotatable bonds is 7. The monoisotopic (exact) mass is 484 g/mol. The summed E-state index contributed by atoms with van der Waals surface area (Å²) in [6.45, 7) is 0.571. The van der Waals surface area contributed by atoms with Crippen LogP contribution in [0.3, 0.4) is 0 Å². The number of hydrogen-bond acceptors (Lipinski definition) is 4. The van der Waals surface area contributed by atoms with Crippen molar-refractivity contribution in [2.45, 2.75) is 31.2 Å². The first-order valence-electron chi connectivity index (χ1n) is 11.8. The van der Waals surface area contributed by atoms with Gasteiger partial charge in [0, 0.05) is 19.0 Å². The van der Waals surface area contributed by atoms with Gasteiger partial charge in [-0.25, -0.2) is 13.6 Å². The van der Waals surface area contributed by atoms with Gasteiger partial charge in [0.15, 0.2) is 0 Å². The highest BCUT2D eigenvalue weighted by atomic mass is 19.3. The second kappa shape index (κ2) is 9.28. The maximum absolute atomic E-state index is 13.7. The van der Waals surface area contributed by atoms with E-state index in [0.717, 1.165) is 22.3 Å². The average molecular weight is 484 g/mol. The molecule has 2 aromatic rings. The molecule has 2 unspecified atom stereocenters. The Balaban J connectivity index is 1.17. The van der Waals surface area contributed by atoms with E-state index in [1.54, 1.807) is 0 Å². The zero-order valence-electron chi connectivity index (χ0n) is 18.9. The molecule has 2 fully saturated rings. The van der Waals surface area contributed by atoms with E-state index in [0.29, 0.717) is 13.0 Å². The normalized spacial score (nSPS) is 23.2. The Labute approximate surface area is 201 Å². The van der Waals surface area contributed by atoms with Crippen LogP contribution in [0.5, 0.6) is 0 Å². The first kappa shape index (κ1) is 23.3. The van der Waals surface area contributed by atoms with Crippen molar-refractivity contribution in [1.82, 2.24) is 10.2 Å². The van der Waals surface area contributed by atoms with Gasteiger partial charge in [0.1, 0.15) is 12.6 Å². The van der Waals surface area contributed by atoms with Gasteiger partial charge in [-0.3, -0.25) is 9.59 Å². The zero-order chi connectivity index (χ0) is 24.7. The van der Waals surface area contributed by atoms with Gasteiger partial charge in [0.2, 0.25) is 5.91 Å². The van der Waals surface area contributed by atoms with Crippen LogP contribution < -0.4 is 5.32 Å². The maximum atomic E-state index is 13.7. The lowest BCUT2D eigenvalue weighted by Crippen LogP contribution is -2.46. The summed E-state index contributed by atoms with van der Waals surface area (Å²) in [6, 6.07) is 13.9. The molecule has 9 heteroatoms. The van der Waals surface area contributed by atoms with Crippen LogP contribution in [-0.2, 0) is 14.3 Å². The van der Waals surface area contributed by atoms with Crippen LogP contribution in [-0.4, -0.2) is 60.1 Å². The average Bonchev–Trinajstić information content (AvgIpc) is 3.49. The number of aliphatic carboxylic acids is 1. The third kappa shape index (κ3) is 4.47. The Morgan fingerprint density at radius 3 is 2.26 bits per heavy atom. The van der Waals surface area contributed by atoms with E-state index in [2.05, 4.69) is 5.32 Å². The molecule has 0 bridgehead atoms. The molecule has 4 atom stereocenters. The van der Waals surface area contributed by atoms with Crippen molar-refractivity contribution >= 4 is 18.0 Å². The molecule has 7 nitrogen and oxygen atoms in total. The number of nitrogens with one attached hydrogen (secondary N) is 1. The molecule has 2 aliphatic carbocycles. The van der Waals surface area contributed by atoms with Gasteiger partial charge >= 0.3 is 12.1 Å². The second-order valence-corrected chi connectivity index (χ2v) is 9.44. The highest BCUT2D eigenvalue weighted by Crippen LogP contribution is 2.51. The molecular formula is C26H26F2N2O5. The molecular weight excluding hydrogens is 458 g/mol. The lowest BCUT2D eigenvalue weighted by molar-refractivity contribution is -0.139. The minimum atomic E-state index is -2.95. The van der Waals surface area contributed by atoms with Gasteiger partial charge in [-0.2, -0.15) is 0 Å². The fourth-order valence-corrected chi connectivity index (χ4v) is 5.64. The molecule has 2 N–H and O–H groups in total. The Morgan fingerprint density at radius 2 is 1.66 bits per heavy atom. The van der Waals surface area contributed by atoms with Gasteiger partial charge < -0.3 is 20.1 Å². The Hall–Kier alpha value is -3.49.